The molecule has 0 fully saturated rings. The lowest BCUT2D eigenvalue weighted by atomic mass is 10.1. The quantitative estimate of drug-likeness (QED) is 0.715. The first-order valence-electron chi connectivity index (χ1n) is 6.50. The highest BCUT2D eigenvalue weighted by Gasteiger charge is 2.30. The van der Waals surface area contributed by atoms with Crippen LogP contribution in [0.25, 0.3) is 16.9 Å². The number of aryl methyl sites for hydroxylation is 1. The van der Waals surface area contributed by atoms with Crippen LogP contribution < -0.4 is 0 Å². The molecule has 0 unspecified atom stereocenters. The summed E-state index contributed by atoms with van der Waals surface area (Å²) in [5.74, 6) is 0. The Morgan fingerprint density at radius 2 is 1.95 bits per heavy atom. The van der Waals surface area contributed by atoms with Crippen molar-refractivity contribution in [2.24, 2.45) is 0 Å². The smallest absolute Gasteiger partial charge is 0.234 e. The zero-order valence-electron chi connectivity index (χ0n) is 11.2. The molecule has 0 aliphatic carbocycles. The van der Waals surface area contributed by atoms with Crippen molar-refractivity contribution >= 4 is 5.65 Å². The number of benzene rings is 1. The molecule has 1 aromatic carbocycles. The molecule has 2 aromatic heterocycles. The average Bonchev–Trinajstić information content (AvgIpc) is 2.93. The Labute approximate surface area is 119 Å². The van der Waals surface area contributed by atoms with Gasteiger partial charge in [0.2, 0.25) is 0 Å². The van der Waals surface area contributed by atoms with Crippen molar-refractivity contribution in [3.05, 3.63) is 53.9 Å². The van der Waals surface area contributed by atoms with Crippen molar-refractivity contribution < 1.29 is 13.2 Å². The van der Waals surface area contributed by atoms with E-state index in [4.69, 9.17) is 0 Å². The van der Waals surface area contributed by atoms with Crippen molar-refractivity contribution in [3.63, 3.8) is 0 Å². The van der Waals surface area contributed by atoms with Crippen LogP contribution in [0.15, 0.2) is 42.6 Å². The number of fused-ring (bicyclic) bond motifs is 1. The molecule has 0 amide bonds. The van der Waals surface area contributed by atoms with E-state index in [1.54, 1.807) is 28.9 Å². The van der Waals surface area contributed by atoms with Crippen LogP contribution in [0.2, 0.25) is 0 Å². The van der Waals surface area contributed by atoms with Gasteiger partial charge in [-0.1, -0.05) is 19.1 Å². The summed E-state index contributed by atoms with van der Waals surface area (Å²) in [5, 5.41) is 4.14. The molecule has 0 atom stereocenters. The summed E-state index contributed by atoms with van der Waals surface area (Å²) in [5.41, 5.74) is 1.84. The molecule has 0 aliphatic rings. The maximum Gasteiger partial charge on any atom is 0.416 e. The molecule has 6 heteroatoms. The summed E-state index contributed by atoms with van der Waals surface area (Å²) in [6, 6.07) is 8.75. The number of aromatic nitrogens is 3. The van der Waals surface area contributed by atoms with Crippen LogP contribution in [0.1, 0.15) is 18.2 Å². The number of alkyl halides is 3. The maximum absolute atomic E-state index is 12.8. The summed E-state index contributed by atoms with van der Waals surface area (Å²) in [6.07, 6.45) is -2.08. The summed E-state index contributed by atoms with van der Waals surface area (Å²) >= 11 is 0. The van der Waals surface area contributed by atoms with Gasteiger partial charge in [-0.05, 0) is 24.6 Å². The Bertz CT molecular complexity index is 790. The fourth-order valence-corrected chi connectivity index (χ4v) is 2.21. The number of rotatable bonds is 2. The van der Waals surface area contributed by atoms with E-state index < -0.39 is 11.7 Å². The minimum Gasteiger partial charge on any atom is -0.234 e. The fourth-order valence-electron chi connectivity index (χ4n) is 2.21. The van der Waals surface area contributed by atoms with E-state index in [2.05, 4.69) is 10.1 Å². The van der Waals surface area contributed by atoms with Crippen LogP contribution in [-0.4, -0.2) is 14.6 Å². The van der Waals surface area contributed by atoms with Gasteiger partial charge in [-0.25, -0.2) is 9.50 Å². The van der Waals surface area contributed by atoms with E-state index in [1.165, 1.54) is 6.07 Å². The Hall–Kier alpha value is -2.37. The first-order chi connectivity index (χ1) is 9.99. The Morgan fingerprint density at radius 3 is 2.67 bits per heavy atom. The first kappa shape index (κ1) is 13.6. The van der Waals surface area contributed by atoms with Crippen LogP contribution in [0.4, 0.5) is 13.2 Å². The third-order valence-electron chi connectivity index (χ3n) is 3.26. The lowest BCUT2D eigenvalue weighted by Crippen LogP contribution is -2.05. The van der Waals surface area contributed by atoms with Gasteiger partial charge < -0.3 is 0 Å². The van der Waals surface area contributed by atoms with Gasteiger partial charge in [-0.3, -0.25) is 0 Å². The van der Waals surface area contributed by atoms with Crippen molar-refractivity contribution in [1.29, 1.82) is 0 Å². The molecule has 3 nitrogen and oxygen atoms in total. The van der Waals surface area contributed by atoms with Crippen molar-refractivity contribution in [1.82, 2.24) is 14.6 Å². The number of nitrogens with zero attached hydrogens (tertiary/aromatic N) is 3. The Balaban J connectivity index is 2.22. The molecule has 108 valence electrons. The van der Waals surface area contributed by atoms with E-state index >= 15 is 0 Å². The second kappa shape index (κ2) is 4.87. The summed E-state index contributed by atoms with van der Waals surface area (Å²) in [6.45, 7) is 1.95. The minimum absolute atomic E-state index is 0.468. The SMILES string of the molecule is CCc1cc(-c2cccc(C(F)(F)F)c2)n2nccc2n1. The highest BCUT2D eigenvalue weighted by molar-refractivity contribution is 5.64. The van der Waals surface area contributed by atoms with Gasteiger partial charge in [0.25, 0.3) is 0 Å². The van der Waals surface area contributed by atoms with Gasteiger partial charge in [-0.2, -0.15) is 18.3 Å². The normalized spacial score (nSPS) is 12.0. The molecule has 3 rings (SSSR count). The average molecular weight is 291 g/mol. The Kier molecular flexibility index (Phi) is 3.16. The van der Waals surface area contributed by atoms with Crippen LogP contribution in [0.5, 0.6) is 0 Å². The molecular weight excluding hydrogens is 279 g/mol. The highest BCUT2D eigenvalue weighted by Crippen LogP contribution is 2.32. The third kappa shape index (κ3) is 2.49. The van der Waals surface area contributed by atoms with Crippen molar-refractivity contribution in [3.8, 4) is 11.3 Å². The second-order valence-corrected chi connectivity index (χ2v) is 4.67. The van der Waals surface area contributed by atoms with Crippen molar-refractivity contribution in [2.75, 3.05) is 0 Å². The van der Waals surface area contributed by atoms with Crippen molar-refractivity contribution in [2.45, 2.75) is 19.5 Å². The third-order valence-corrected chi connectivity index (χ3v) is 3.26. The number of hydrogen-bond donors (Lipinski definition) is 0. The topological polar surface area (TPSA) is 30.2 Å². The van der Waals surface area contributed by atoms with Gasteiger partial charge in [0.1, 0.15) is 0 Å². The number of halogens is 3. The van der Waals surface area contributed by atoms with Gasteiger partial charge in [0.05, 0.1) is 17.5 Å². The molecule has 0 bridgehead atoms. The van der Waals surface area contributed by atoms with E-state index in [0.29, 0.717) is 23.3 Å². The van der Waals surface area contributed by atoms with Crippen LogP contribution in [0, 0.1) is 0 Å². The largest absolute Gasteiger partial charge is 0.416 e. The molecule has 2 heterocycles. The standard InChI is InChI=1S/C15H12F3N3/c1-2-12-9-13(21-14(20-12)6-7-19-21)10-4-3-5-11(8-10)15(16,17)18/h3-9H,2H2,1H3. The summed E-state index contributed by atoms with van der Waals surface area (Å²) < 4.78 is 40.1. The minimum atomic E-state index is -4.36. The lowest BCUT2D eigenvalue weighted by Gasteiger charge is -2.11. The molecule has 0 aliphatic heterocycles. The lowest BCUT2D eigenvalue weighted by molar-refractivity contribution is -0.137. The van der Waals surface area contributed by atoms with Gasteiger partial charge in [0, 0.05) is 17.3 Å². The highest BCUT2D eigenvalue weighted by atomic mass is 19.4. The monoisotopic (exact) mass is 291 g/mol. The van der Waals surface area contributed by atoms with Crippen LogP contribution in [0.3, 0.4) is 0 Å². The zero-order chi connectivity index (χ0) is 15.0. The number of hydrogen-bond acceptors (Lipinski definition) is 2. The molecule has 0 N–H and O–H groups in total. The predicted molar refractivity (Wildman–Crippen MR) is 72.8 cm³/mol. The Morgan fingerprint density at radius 1 is 1.14 bits per heavy atom. The predicted octanol–water partition coefficient (Wildman–Crippen LogP) is 3.98. The van der Waals surface area contributed by atoms with Gasteiger partial charge >= 0.3 is 6.18 Å². The summed E-state index contributed by atoms with van der Waals surface area (Å²) in [7, 11) is 0. The van der Waals surface area contributed by atoms with E-state index in [-0.39, 0.29) is 0 Å². The van der Waals surface area contributed by atoms with Gasteiger partial charge in [0.15, 0.2) is 5.65 Å². The van der Waals surface area contributed by atoms with E-state index in [1.807, 2.05) is 6.92 Å². The molecule has 21 heavy (non-hydrogen) atoms. The zero-order valence-corrected chi connectivity index (χ0v) is 11.2. The van der Waals surface area contributed by atoms with Gasteiger partial charge in [-0.15, -0.1) is 0 Å². The molecule has 0 radical (unpaired) electrons. The first-order valence-corrected chi connectivity index (χ1v) is 6.50. The molecule has 0 saturated carbocycles. The molecule has 0 saturated heterocycles. The summed E-state index contributed by atoms with van der Waals surface area (Å²) in [4.78, 5) is 4.39. The van der Waals surface area contributed by atoms with E-state index in [9.17, 15) is 13.2 Å². The van der Waals surface area contributed by atoms with E-state index in [0.717, 1.165) is 17.8 Å². The van der Waals surface area contributed by atoms with Crippen LogP contribution in [-0.2, 0) is 12.6 Å². The molecule has 0 spiro atoms. The fraction of sp³-hybridized carbons (Fsp3) is 0.200. The second-order valence-electron chi connectivity index (χ2n) is 4.67. The van der Waals surface area contributed by atoms with Crippen LogP contribution >= 0.6 is 0 Å². The molecular formula is C15H12F3N3. The molecule has 3 aromatic rings. The maximum atomic E-state index is 12.8.